The van der Waals surface area contributed by atoms with Crippen molar-refractivity contribution in [3.63, 3.8) is 0 Å². The minimum Gasteiger partial charge on any atom is -0.319 e. The molecule has 1 aromatic heterocycles. The molecule has 0 saturated heterocycles. The smallest absolute Gasteiger partial charge is 0.319 e. The van der Waals surface area contributed by atoms with E-state index < -0.39 is 23.6 Å². The Balaban J connectivity index is 2.43. The van der Waals surface area contributed by atoms with Gasteiger partial charge in [-0.25, -0.2) is 14.4 Å². The van der Waals surface area contributed by atoms with Crippen molar-refractivity contribution in [2.24, 2.45) is 5.73 Å². The third-order valence-corrected chi connectivity index (χ3v) is 2.77. The number of hydrogen-bond donors (Lipinski definition) is 1. The second-order valence-electron chi connectivity index (χ2n) is 4.24. The number of nitrogens with zero attached hydrogens (tertiary/aromatic N) is 2. The van der Waals surface area contributed by atoms with Crippen LogP contribution in [0.4, 0.5) is 17.6 Å². The van der Waals surface area contributed by atoms with Gasteiger partial charge in [0.1, 0.15) is 11.6 Å². The first-order valence-electron chi connectivity index (χ1n) is 5.71. The fraction of sp³-hybridized carbons (Fsp3) is 0.231. The Bertz CT molecular complexity index is 625. The predicted octanol–water partition coefficient (Wildman–Crippen LogP) is 2.99. The second kappa shape index (κ2) is 5.16. The Morgan fingerprint density at radius 3 is 2.50 bits per heavy atom. The minimum absolute atomic E-state index is 0.136. The molecule has 2 aromatic rings. The number of aromatic nitrogens is 2. The van der Waals surface area contributed by atoms with Crippen molar-refractivity contribution >= 4 is 0 Å². The third kappa shape index (κ3) is 2.93. The molecule has 0 radical (unpaired) electrons. The lowest BCUT2D eigenvalue weighted by atomic mass is 10.0. The highest BCUT2D eigenvalue weighted by Crippen LogP contribution is 2.33. The van der Waals surface area contributed by atoms with Crippen molar-refractivity contribution in [3.05, 3.63) is 58.9 Å². The molecule has 0 aliphatic carbocycles. The van der Waals surface area contributed by atoms with Crippen LogP contribution in [0.5, 0.6) is 0 Å². The summed E-state index contributed by atoms with van der Waals surface area (Å²) in [6.07, 6.45) is -3.30. The molecular formula is C13H11F4N3. The van der Waals surface area contributed by atoms with E-state index >= 15 is 0 Å². The van der Waals surface area contributed by atoms with E-state index in [4.69, 9.17) is 5.73 Å². The minimum atomic E-state index is -4.76. The largest absolute Gasteiger partial charge is 0.419 e. The van der Waals surface area contributed by atoms with E-state index in [2.05, 4.69) is 9.97 Å². The molecule has 0 fully saturated rings. The zero-order chi connectivity index (χ0) is 14.9. The SMILES string of the molecule is Cc1nccc(C(N)c2ccc(F)c(C(F)(F)F)c2)n1. The second-order valence-corrected chi connectivity index (χ2v) is 4.24. The molecule has 0 amide bonds. The molecule has 0 saturated carbocycles. The van der Waals surface area contributed by atoms with Crippen LogP contribution in [0.25, 0.3) is 0 Å². The molecular weight excluding hydrogens is 274 g/mol. The fourth-order valence-corrected chi connectivity index (χ4v) is 1.77. The van der Waals surface area contributed by atoms with Gasteiger partial charge in [-0.1, -0.05) is 6.07 Å². The molecule has 1 unspecified atom stereocenters. The van der Waals surface area contributed by atoms with Gasteiger partial charge >= 0.3 is 6.18 Å². The van der Waals surface area contributed by atoms with Crippen LogP contribution in [0.3, 0.4) is 0 Å². The van der Waals surface area contributed by atoms with Crippen molar-refractivity contribution in [2.45, 2.75) is 19.1 Å². The summed E-state index contributed by atoms with van der Waals surface area (Å²) < 4.78 is 51.2. The number of benzene rings is 1. The van der Waals surface area contributed by atoms with Crippen molar-refractivity contribution in [3.8, 4) is 0 Å². The monoisotopic (exact) mass is 285 g/mol. The average molecular weight is 285 g/mol. The quantitative estimate of drug-likeness (QED) is 0.863. The van der Waals surface area contributed by atoms with Gasteiger partial charge in [-0.2, -0.15) is 13.2 Å². The van der Waals surface area contributed by atoms with Crippen LogP contribution in [0.15, 0.2) is 30.5 Å². The molecule has 1 heterocycles. The van der Waals surface area contributed by atoms with Crippen molar-refractivity contribution in [1.82, 2.24) is 9.97 Å². The van der Waals surface area contributed by atoms with Crippen molar-refractivity contribution < 1.29 is 17.6 Å². The Hall–Kier alpha value is -2.02. The molecule has 7 heteroatoms. The van der Waals surface area contributed by atoms with Crippen LogP contribution >= 0.6 is 0 Å². The Morgan fingerprint density at radius 2 is 1.90 bits per heavy atom. The lowest BCUT2D eigenvalue weighted by Gasteiger charge is -2.15. The number of aryl methyl sites for hydroxylation is 1. The Labute approximate surface area is 112 Å². The molecule has 106 valence electrons. The summed E-state index contributed by atoms with van der Waals surface area (Å²) in [4.78, 5) is 7.93. The standard InChI is InChI=1S/C13H11F4N3/c1-7-19-5-4-11(20-7)12(18)8-2-3-10(14)9(6-8)13(15,16)17/h2-6,12H,18H2,1H3. The van der Waals surface area contributed by atoms with Crippen molar-refractivity contribution in [1.29, 1.82) is 0 Å². The summed E-state index contributed by atoms with van der Waals surface area (Å²) in [5.41, 5.74) is 5.04. The van der Waals surface area contributed by atoms with Gasteiger partial charge in [-0.3, -0.25) is 0 Å². The van der Waals surface area contributed by atoms with Gasteiger partial charge in [0.25, 0.3) is 0 Å². The van der Waals surface area contributed by atoms with Gasteiger partial charge in [0.05, 0.1) is 17.3 Å². The lowest BCUT2D eigenvalue weighted by Crippen LogP contribution is -2.16. The first kappa shape index (κ1) is 14.4. The van der Waals surface area contributed by atoms with Crippen LogP contribution in [-0.2, 0) is 6.18 Å². The summed E-state index contributed by atoms with van der Waals surface area (Å²) in [5.74, 6) is -0.872. The van der Waals surface area contributed by atoms with Gasteiger partial charge in [-0.15, -0.1) is 0 Å². The molecule has 1 atom stereocenters. The highest BCUT2D eigenvalue weighted by Gasteiger charge is 2.34. The fourth-order valence-electron chi connectivity index (χ4n) is 1.77. The number of rotatable bonds is 2. The van der Waals surface area contributed by atoms with Crippen LogP contribution in [-0.4, -0.2) is 9.97 Å². The number of halogens is 4. The van der Waals surface area contributed by atoms with Gasteiger partial charge in [-0.05, 0) is 30.7 Å². The molecule has 2 N–H and O–H groups in total. The zero-order valence-corrected chi connectivity index (χ0v) is 10.4. The summed E-state index contributed by atoms with van der Waals surface area (Å²) in [6.45, 7) is 1.64. The maximum atomic E-state index is 13.2. The first-order chi connectivity index (χ1) is 9.29. The summed E-state index contributed by atoms with van der Waals surface area (Å²) in [7, 11) is 0. The van der Waals surface area contributed by atoms with E-state index in [0.29, 0.717) is 17.6 Å². The van der Waals surface area contributed by atoms with E-state index in [1.165, 1.54) is 18.3 Å². The van der Waals surface area contributed by atoms with Crippen LogP contribution in [0, 0.1) is 12.7 Å². The topological polar surface area (TPSA) is 51.8 Å². The molecule has 0 bridgehead atoms. The van der Waals surface area contributed by atoms with E-state index in [1.54, 1.807) is 6.92 Å². The number of nitrogens with two attached hydrogens (primary N) is 1. The maximum Gasteiger partial charge on any atom is 0.419 e. The molecule has 0 spiro atoms. The van der Waals surface area contributed by atoms with E-state index in [9.17, 15) is 17.6 Å². The Kier molecular flexibility index (Phi) is 3.71. The maximum absolute atomic E-state index is 13.2. The highest BCUT2D eigenvalue weighted by atomic mass is 19.4. The third-order valence-electron chi connectivity index (χ3n) is 2.77. The van der Waals surface area contributed by atoms with Crippen LogP contribution in [0.2, 0.25) is 0 Å². The number of hydrogen-bond acceptors (Lipinski definition) is 3. The molecule has 2 rings (SSSR count). The van der Waals surface area contributed by atoms with Gasteiger partial charge in [0.15, 0.2) is 0 Å². The summed E-state index contributed by atoms with van der Waals surface area (Å²) >= 11 is 0. The molecule has 20 heavy (non-hydrogen) atoms. The molecule has 0 aliphatic heterocycles. The first-order valence-corrected chi connectivity index (χ1v) is 5.71. The summed E-state index contributed by atoms with van der Waals surface area (Å²) in [6, 6.07) is 3.31. The average Bonchev–Trinajstić information content (AvgIpc) is 2.37. The van der Waals surface area contributed by atoms with Gasteiger partial charge in [0.2, 0.25) is 0 Å². The molecule has 3 nitrogen and oxygen atoms in total. The lowest BCUT2D eigenvalue weighted by molar-refractivity contribution is -0.140. The normalized spacial score (nSPS) is 13.3. The predicted molar refractivity (Wildman–Crippen MR) is 64.2 cm³/mol. The van der Waals surface area contributed by atoms with E-state index in [1.807, 2.05) is 0 Å². The Morgan fingerprint density at radius 1 is 1.20 bits per heavy atom. The van der Waals surface area contributed by atoms with Gasteiger partial charge in [0, 0.05) is 6.20 Å². The van der Waals surface area contributed by atoms with Crippen LogP contribution in [0.1, 0.15) is 28.7 Å². The zero-order valence-electron chi connectivity index (χ0n) is 10.4. The van der Waals surface area contributed by atoms with E-state index in [0.717, 1.165) is 6.07 Å². The van der Waals surface area contributed by atoms with E-state index in [-0.39, 0.29) is 5.56 Å². The highest BCUT2D eigenvalue weighted by molar-refractivity contribution is 5.33. The summed E-state index contributed by atoms with van der Waals surface area (Å²) in [5, 5.41) is 0. The van der Waals surface area contributed by atoms with Crippen LogP contribution < -0.4 is 5.73 Å². The van der Waals surface area contributed by atoms with Crippen molar-refractivity contribution in [2.75, 3.05) is 0 Å². The van der Waals surface area contributed by atoms with Gasteiger partial charge < -0.3 is 5.73 Å². The molecule has 1 aromatic carbocycles. The molecule has 0 aliphatic rings. The number of alkyl halides is 3.